The van der Waals surface area contributed by atoms with Gasteiger partial charge in [0.2, 0.25) is 5.82 Å². The van der Waals surface area contributed by atoms with Crippen LogP contribution in [0.4, 0.5) is 13.2 Å². The van der Waals surface area contributed by atoms with E-state index in [4.69, 9.17) is 0 Å². The highest BCUT2D eigenvalue weighted by atomic mass is 32.2. The summed E-state index contributed by atoms with van der Waals surface area (Å²) in [6, 6.07) is 3.12. The number of aryl methyl sites for hydroxylation is 1. The van der Waals surface area contributed by atoms with Crippen LogP contribution < -0.4 is 0 Å². The first-order valence-electron chi connectivity index (χ1n) is 8.48. The molecule has 158 valence electrons. The number of rotatable bonds is 5. The predicted molar refractivity (Wildman–Crippen MR) is 98.4 cm³/mol. The third kappa shape index (κ3) is 4.32. The quantitative estimate of drug-likeness (QED) is 0.468. The second-order valence-electron chi connectivity index (χ2n) is 6.56. The number of pyridine rings is 1. The fraction of sp³-hybridized carbons (Fsp3) is 0.312. The molecule has 4 aromatic rings. The van der Waals surface area contributed by atoms with E-state index in [1.54, 1.807) is 23.7 Å². The molecule has 1 unspecified atom stereocenters. The maximum Gasteiger partial charge on any atom is 0.471 e. The van der Waals surface area contributed by atoms with Crippen LogP contribution in [0, 0.1) is 0 Å². The number of aromatic nitrogens is 7. The lowest BCUT2D eigenvalue weighted by Gasteiger charge is -2.00. The zero-order valence-corrected chi connectivity index (χ0v) is 16.6. The molecule has 14 heteroatoms. The molecular formula is C16H15F3N8O2S. The van der Waals surface area contributed by atoms with Gasteiger partial charge in [0.1, 0.15) is 18.5 Å². The van der Waals surface area contributed by atoms with Crippen molar-refractivity contribution in [3.63, 3.8) is 0 Å². The van der Waals surface area contributed by atoms with Crippen LogP contribution in [0.3, 0.4) is 0 Å². The maximum absolute atomic E-state index is 12.8. The van der Waals surface area contributed by atoms with Gasteiger partial charge in [-0.15, -0.1) is 0 Å². The molecule has 0 aliphatic carbocycles. The third-order valence-corrected chi connectivity index (χ3v) is 5.48. The molecule has 0 saturated carbocycles. The summed E-state index contributed by atoms with van der Waals surface area (Å²) in [5.74, 6) is -1.06. The van der Waals surface area contributed by atoms with Crippen LogP contribution in [-0.2, 0) is 35.3 Å². The molecule has 0 fully saturated rings. The van der Waals surface area contributed by atoms with Crippen molar-refractivity contribution >= 4 is 15.4 Å². The lowest BCUT2D eigenvalue weighted by Crippen LogP contribution is -2.04. The molecule has 0 aromatic carbocycles. The second-order valence-corrected chi connectivity index (χ2v) is 9.03. The van der Waals surface area contributed by atoms with Gasteiger partial charge in [-0.05, 0) is 12.1 Å². The highest BCUT2D eigenvalue weighted by Crippen LogP contribution is 2.29. The highest BCUT2D eigenvalue weighted by Gasteiger charge is 2.38. The predicted octanol–water partition coefficient (Wildman–Crippen LogP) is 2.33. The van der Waals surface area contributed by atoms with E-state index in [0.29, 0.717) is 22.7 Å². The van der Waals surface area contributed by atoms with Gasteiger partial charge in [0.05, 0.1) is 21.2 Å². The fourth-order valence-electron chi connectivity index (χ4n) is 2.67. The molecule has 0 spiro atoms. The van der Waals surface area contributed by atoms with E-state index in [0.717, 1.165) is 0 Å². The van der Waals surface area contributed by atoms with Gasteiger partial charge >= 0.3 is 12.1 Å². The first kappa shape index (κ1) is 20.0. The summed E-state index contributed by atoms with van der Waals surface area (Å²) < 4.78 is 62.3. The van der Waals surface area contributed by atoms with Crippen LogP contribution in [0.2, 0.25) is 0 Å². The van der Waals surface area contributed by atoms with E-state index in [9.17, 15) is 17.4 Å². The number of imidazole rings is 1. The first-order valence-corrected chi connectivity index (χ1v) is 10.6. The molecule has 0 radical (unpaired) electrons. The Morgan fingerprint density at radius 3 is 2.70 bits per heavy atom. The average molecular weight is 440 g/mol. The molecule has 0 bridgehead atoms. The lowest BCUT2D eigenvalue weighted by atomic mass is 10.3. The molecule has 4 rings (SSSR count). The van der Waals surface area contributed by atoms with Crippen molar-refractivity contribution in [2.45, 2.75) is 18.5 Å². The van der Waals surface area contributed by atoms with Gasteiger partial charge in [-0.25, -0.2) is 18.5 Å². The van der Waals surface area contributed by atoms with Crippen molar-refractivity contribution in [2.24, 2.45) is 11.4 Å². The Hall–Kier alpha value is -3.29. The van der Waals surface area contributed by atoms with Crippen LogP contribution >= 0.6 is 0 Å². The SMILES string of the molecule is Cn1cnc(CN=S(C)(=O)Cc2cn3cc(-c4noc(C(F)(F)F)n4)ccc3n2)n1. The summed E-state index contributed by atoms with van der Waals surface area (Å²) >= 11 is 0. The van der Waals surface area contributed by atoms with Gasteiger partial charge in [0.15, 0.2) is 5.82 Å². The van der Waals surface area contributed by atoms with Crippen molar-refractivity contribution in [3.05, 3.63) is 48.3 Å². The van der Waals surface area contributed by atoms with Gasteiger partial charge in [-0.2, -0.15) is 23.3 Å². The van der Waals surface area contributed by atoms with Gasteiger partial charge in [-0.1, -0.05) is 5.16 Å². The molecule has 4 heterocycles. The molecule has 0 aliphatic rings. The number of nitrogens with zero attached hydrogens (tertiary/aromatic N) is 8. The zero-order chi connectivity index (χ0) is 21.5. The summed E-state index contributed by atoms with van der Waals surface area (Å²) in [6.07, 6.45) is 1.48. The Labute approximate surface area is 167 Å². The zero-order valence-electron chi connectivity index (χ0n) is 15.7. The van der Waals surface area contributed by atoms with Gasteiger partial charge in [0.25, 0.3) is 0 Å². The van der Waals surface area contributed by atoms with Crippen molar-refractivity contribution < 1.29 is 21.9 Å². The van der Waals surface area contributed by atoms with Crippen molar-refractivity contribution in [1.29, 1.82) is 0 Å². The van der Waals surface area contributed by atoms with E-state index >= 15 is 0 Å². The maximum atomic E-state index is 12.8. The van der Waals surface area contributed by atoms with Crippen LogP contribution in [0.15, 0.2) is 39.7 Å². The van der Waals surface area contributed by atoms with Crippen LogP contribution in [0.25, 0.3) is 17.0 Å². The molecule has 0 N–H and O–H groups in total. The molecule has 0 saturated heterocycles. The van der Waals surface area contributed by atoms with Gasteiger partial charge in [-0.3, -0.25) is 4.68 Å². The molecule has 30 heavy (non-hydrogen) atoms. The topological polar surface area (TPSA) is 116 Å². The second kappa shape index (κ2) is 7.19. The number of alkyl halides is 3. The van der Waals surface area contributed by atoms with Crippen molar-refractivity contribution in [1.82, 2.24) is 34.3 Å². The van der Waals surface area contributed by atoms with Crippen LogP contribution in [0.5, 0.6) is 0 Å². The summed E-state index contributed by atoms with van der Waals surface area (Å²) in [5, 5.41) is 7.45. The minimum atomic E-state index is -4.72. The Morgan fingerprint density at radius 2 is 2.03 bits per heavy atom. The number of hydrogen-bond acceptors (Lipinski definition) is 8. The van der Waals surface area contributed by atoms with Crippen LogP contribution in [-0.4, -0.2) is 44.8 Å². The Balaban J connectivity index is 1.56. The molecule has 4 aromatic heterocycles. The minimum absolute atomic E-state index is 0.0945. The molecule has 0 amide bonds. The highest BCUT2D eigenvalue weighted by molar-refractivity contribution is 7.92. The fourth-order valence-corrected chi connectivity index (χ4v) is 3.84. The Kier molecular flexibility index (Phi) is 4.80. The average Bonchev–Trinajstić information content (AvgIpc) is 3.37. The molecule has 0 aliphatic heterocycles. The Morgan fingerprint density at radius 1 is 1.23 bits per heavy atom. The largest absolute Gasteiger partial charge is 0.471 e. The van der Waals surface area contributed by atoms with E-state index in [-0.39, 0.29) is 18.1 Å². The monoisotopic (exact) mass is 440 g/mol. The summed E-state index contributed by atoms with van der Waals surface area (Å²) in [6.45, 7) is 0.118. The van der Waals surface area contributed by atoms with E-state index in [1.165, 1.54) is 29.5 Å². The van der Waals surface area contributed by atoms with Crippen LogP contribution in [0.1, 0.15) is 17.4 Å². The molecule has 10 nitrogen and oxygen atoms in total. The van der Waals surface area contributed by atoms with Gasteiger partial charge in [0, 0.05) is 31.3 Å². The normalized spacial score (nSPS) is 14.2. The summed E-state index contributed by atoms with van der Waals surface area (Å²) in [4.78, 5) is 11.8. The number of fused-ring (bicyclic) bond motifs is 1. The smallest absolute Gasteiger partial charge is 0.329 e. The summed E-state index contributed by atoms with van der Waals surface area (Å²) in [7, 11) is -0.876. The molecular weight excluding hydrogens is 425 g/mol. The van der Waals surface area contributed by atoms with E-state index in [1.807, 2.05) is 0 Å². The number of halogens is 3. The van der Waals surface area contributed by atoms with E-state index < -0.39 is 21.8 Å². The van der Waals surface area contributed by atoms with Gasteiger partial charge < -0.3 is 8.92 Å². The van der Waals surface area contributed by atoms with Crippen molar-refractivity contribution in [2.75, 3.05) is 6.26 Å². The standard InChI is InChI=1S/C16H15F3N8O2S/c1-26-9-20-12(24-26)5-21-30(2,28)8-11-7-27-6-10(3-4-13(27)22-11)14-23-15(29-25-14)16(17,18)19/h3-4,6-7,9H,5,8H2,1-2H3. The lowest BCUT2D eigenvalue weighted by molar-refractivity contribution is -0.159. The first-order chi connectivity index (χ1) is 14.1. The van der Waals surface area contributed by atoms with Crippen molar-refractivity contribution in [3.8, 4) is 11.4 Å². The molecule has 1 atom stereocenters. The number of hydrogen-bond donors (Lipinski definition) is 0. The summed E-state index contributed by atoms with van der Waals surface area (Å²) in [5.41, 5.74) is 1.35. The van der Waals surface area contributed by atoms with E-state index in [2.05, 4.69) is 34.1 Å². The Bertz CT molecular complexity index is 1330. The minimum Gasteiger partial charge on any atom is -0.329 e. The third-order valence-electron chi connectivity index (χ3n) is 3.97.